The van der Waals surface area contributed by atoms with Gasteiger partial charge in [0.05, 0.1) is 6.67 Å². The molecule has 2 nitrogen and oxygen atoms in total. The highest BCUT2D eigenvalue weighted by Crippen LogP contribution is 1.68. The van der Waals surface area contributed by atoms with Crippen molar-refractivity contribution in [3.63, 3.8) is 0 Å². The molecule has 0 unspecified atom stereocenters. The van der Waals surface area contributed by atoms with Gasteiger partial charge in [-0.2, -0.15) is 0 Å². The highest BCUT2D eigenvalue weighted by molar-refractivity contribution is 4.84. The van der Waals surface area contributed by atoms with Crippen molar-refractivity contribution in [3.8, 4) is 0 Å². The zero-order valence-corrected chi connectivity index (χ0v) is 3.52. The molecular formula is C4H8N2. The summed E-state index contributed by atoms with van der Waals surface area (Å²) in [5.74, 6) is 0. The van der Waals surface area contributed by atoms with E-state index in [4.69, 9.17) is 1.41 Å². The van der Waals surface area contributed by atoms with E-state index in [1.165, 1.54) is 5.31 Å². The largest absolute Gasteiger partial charge is 0.379 e. The molecular weight excluding hydrogens is 76.1 g/mol. The summed E-state index contributed by atoms with van der Waals surface area (Å²) in [4.78, 5) is 0. The van der Waals surface area contributed by atoms with Gasteiger partial charge < -0.3 is 5.31 Å². The third kappa shape index (κ3) is 0.723. The SMILES string of the molecule is [2H]N1C=CCNC1. The van der Waals surface area contributed by atoms with Crippen LogP contribution in [-0.4, -0.2) is 13.2 Å². The number of nitrogens with one attached hydrogen (secondary N) is 2. The van der Waals surface area contributed by atoms with Gasteiger partial charge in [-0.05, 0) is 6.20 Å². The van der Waals surface area contributed by atoms with Crippen LogP contribution in [0, 0.1) is 0 Å². The summed E-state index contributed by atoms with van der Waals surface area (Å²) >= 11 is 0. The second kappa shape index (κ2) is 1.82. The van der Waals surface area contributed by atoms with E-state index in [-0.39, 0.29) is 0 Å². The van der Waals surface area contributed by atoms with Gasteiger partial charge in [-0.15, -0.1) is 0 Å². The summed E-state index contributed by atoms with van der Waals surface area (Å²) in [5.41, 5.74) is 0. The fraction of sp³-hybridized carbons (Fsp3) is 0.500. The fourth-order valence-electron chi connectivity index (χ4n) is 0.392. The monoisotopic (exact) mass is 85.1 g/mol. The molecule has 34 valence electrons. The Morgan fingerprint density at radius 1 is 1.83 bits per heavy atom. The molecule has 0 amide bonds. The maximum absolute atomic E-state index is 6.96. The molecule has 0 fully saturated rings. The van der Waals surface area contributed by atoms with Crippen molar-refractivity contribution in [3.05, 3.63) is 12.3 Å². The van der Waals surface area contributed by atoms with Gasteiger partial charge in [0.1, 0.15) is 0 Å². The minimum Gasteiger partial charge on any atom is -0.379 e. The van der Waals surface area contributed by atoms with E-state index >= 15 is 0 Å². The number of rotatable bonds is 0. The van der Waals surface area contributed by atoms with E-state index < -0.39 is 0 Å². The Bertz CT molecular complexity index is 81.8. The predicted octanol–water partition coefficient (Wildman–Crippen LogP) is -0.350. The van der Waals surface area contributed by atoms with E-state index in [2.05, 4.69) is 5.32 Å². The van der Waals surface area contributed by atoms with Crippen LogP contribution in [0.25, 0.3) is 0 Å². The van der Waals surface area contributed by atoms with Gasteiger partial charge in [0, 0.05) is 6.54 Å². The smallest absolute Gasteiger partial charge is 0.161 e. The highest BCUT2D eigenvalue weighted by atomic mass is 15.1. The minimum atomic E-state index is 0.649. The Hall–Kier alpha value is -0.500. The zero-order chi connectivity index (χ0) is 5.11. The first kappa shape index (κ1) is 2.64. The van der Waals surface area contributed by atoms with Crippen LogP contribution in [0.5, 0.6) is 0 Å². The van der Waals surface area contributed by atoms with Crippen molar-refractivity contribution in [1.29, 1.82) is 0 Å². The van der Waals surface area contributed by atoms with Crippen LogP contribution in [0.3, 0.4) is 0 Å². The average molecular weight is 85.1 g/mol. The molecule has 1 aliphatic rings. The second-order valence-electron chi connectivity index (χ2n) is 1.18. The van der Waals surface area contributed by atoms with Crippen molar-refractivity contribution in [2.45, 2.75) is 0 Å². The van der Waals surface area contributed by atoms with Gasteiger partial charge in [0.25, 0.3) is 0 Å². The molecule has 0 aliphatic carbocycles. The fourth-order valence-corrected chi connectivity index (χ4v) is 0.392. The lowest BCUT2D eigenvalue weighted by Crippen LogP contribution is -2.29. The first-order valence-electron chi connectivity index (χ1n) is 2.47. The molecule has 6 heavy (non-hydrogen) atoms. The van der Waals surface area contributed by atoms with Crippen LogP contribution in [0.2, 0.25) is 1.41 Å². The third-order valence-corrected chi connectivity index (χ3v) is 0.676. The molecule has 0 atom stereocenters. The lowest BCUT2D eigenvalue weighted by molar-refractivity contribution is 0.669. The molecule has 0 saturated heterocycles. The van der Waals surface area contributed by atoms with Crippen molar-refractivity contribution in [2.24, 2.45) is 0 Å². The molecule has 0 spiro atoms. The van der Waals surface area contributed by atoms with Crippen LogP contribution in [0.4, 0.5) is 0 Å². The lowest BCUT2D eigenvalue weighted by atomic mass is 10.5. The normalized spacial score (nSPS) is 24.0. The molecule has 0 saturated carbocycles. The predicted molar refractivity (Wildman–Crippen MR) is 25.1 cm³/mol. The molecule has 0 aromatic carbocycles. The third-order valence-electron chi connectivity index (χ3n) is 0.676. The van der Waals surface area contributed by atoms with Crippen LogP contribution in [0.15, 0.2) is 12.3 Å². The van der Waals surface area contributed by atoms with E-state index in [9.17, 15) is 0 Å². The molecule has 0 radical (unpaired) electrons. The van der Waals surface area contributed by atoms with E-state index in [0.29, 0.717) is 6.67 Å². The van der Waals surface area contributed by atoms with Crippen LogP contribution < -0.4 is 10.6 Å². The van der Waals surface area contributed by atoms with Gasteiger partial charge in [-0.25, -0.2) is 0 Å². The number of hydrogen-bond donors (Lipinski definition) is 2. The quantitative estimate of drug-likeness (QED) is 0.420. The van der Waals surface area contributed by atoms with Crippen LogP contribution in [0.1, 0.15) is 0 Å². The van der Waals surface area contributed by atoms with E-state index in [1.54, 1.807) is 6.20 Å². The Morgan fingerprint density at radius 3 is 3.17 bits per heavy atom. The highest BCUT2D eigenvalue weighted by Gasteiger charge is 1.81. The topological polar surface area (TPSA) is 24.1 Å². The number of hydrogen-bond acceptors (Lipinski definition) is 2. The van der Waals surface area contributed by atoms with Gasteiger partial charge >= 0.3 is 0 Å². The molecule has 1 heterocycles. The summed E-state index contributed by atoms with van der Waals surface area (Å²) in [6, 6.07) is 0. The first-order valence-corrected chi connectivity index (χ1v) is 2.02. The summed E-state index contributed by atoms with van der Waals surface area (Å²) in [6.45, 7) is 1.55. The summed E-state index contributed by atoms with van der Waals surface area (Å²) in [5, 5.41) is 4.34. The Morgan fingerprint density at radius 2 is 2.83 bits per heavy atom. The second-order valence-corrected chi connectivity index (χ2v) is 1.18. The van der Waals surface area contributed by atoms with Crippen LogP contribution in [-0.2, 0) is 0 Å². The molecule has 1 aliphatic heterocycles. The lowest BCUT2D eigenvalue weighted by Gasteiger charge is -2.05. The molecule has 0 aromatic rings. The summed E-state index contributed by atoms with van der Waals surface area (Å²) < 4.78 is 6.96. The Balaban J connectivity index is 2.36. The minimum absolute atomic E-state index is 0.649. The average Bonchev–Trinajstić information content (AvgIpc) is 1.69. The Labute approximate surface area is 38.7 Å². The van der Waals surface area contributed by atoms with Gasteiger partial charge in [-0.1, -0.05) is 6.08 Å². The molecule has 2 N–H and O–H groups in total. The van der Waals surface area contributed by atoms with E-state index in [0.717, 1.165) is 6.54 Å². The molecule has 0 aromatic heterocycles. The summed E-state index contributed by atoms with van der Waals surface area (Å²) in [7, 11) is 0. The Kier molecular flexibility index (Phi) is 0.801. The van der Waals surface area contributed by atoms with Gasteiger partial charge in [0.2, 0.25) is 0 Å². The maximum Gasteiger partial charge on any atom is 0.161 e. The molecule has 0 bridgehead atoms. The van der Waals surface area contributed by atoms with Gasteiger partial charge in [-0.3, -0.25) is 5.32 Å². The summed E-state index contributed by atoms with van der Waals surface area (Å²) in [6.07, 6.45) is 3.66. The first-order chi connectivity index (χ1) is 3.39. The standard InChI is InChI=1S/C4H8N2/c1-2-5-4-6-3-1/h1-2,5-6H,3-4H2/i/hD. The zero-order valence-electron chi connectivity index (χ0n) is 4.52. The van der Waals surface area contributed by atoms with Gasteiger partial charge in [0.15, 0.2) is 1.41 Å². The van der Waals surface area contributed by atoms with Crippen molar-refractivity contribution in [1.82, 2.24) is 10.6 Å². The van der Waals surface area contributed by atoms with E-state index in [1.807, 2.05) is 6.08 Å². The maximum atomic E-state index is 6.96. The van der Waals surface area contributed by atoms with Crippen molar-refractivity contribution < 1.29 is 1.41 Å². The van der Waals surface area contributed by atoms with Crippen molar-refractivity contribution >= 4 is 0 Å². The van der Waals surface area contributed by atoms with Crippen molar-refractivity contribution in [2.75, 3.05) is 13.2 Å². The molecule has 2 heteroatoms. The van der Waals surface area contributed by atoms with Crippen LogP contribution >= 0.6 is 0 Å². The molecule has 1 rings (SSSR count).